The Morgan fingerprint density at radius 1 is 1.24 bits per heavy atom. The lowest BCUT2D eigenvalue weighted by molar-refractivity contribution is -0.138. The highest BCUT2D eigenvalue weighted by atomic mass is 32.2. The molecule has 2 heterocycles. The van der Waals surface area contributed by atoms with E-state index in [-0.39, 0.29) is 10.7 Å². The van der Waals surface area contributed by atoms with Crippen LogP contribution in [0.3, 0.4) is 0 Å². The van der Waals surface area contributed by atoms with Gasteiger partial charge in [-0.15, -0.1) is 11.8 Å². The van der Waals surface area contributed by atoms with Gasteiger partial charge in [0.25, 0.3) is 0 Å². The Morgan fingerprint density at radius 3 is 2.52 bits per heavy atom. The maximum atomic E-state index is 13.6. The maximum Gasteiger partial charge on any atom is 0.417 e. The zero-order valence-electron chi connectivity index (χ0n) is 15.8. The lowest BCUT2D eigenvalue weighted by Crippen LogP contribution is -2.37. The minimum absolute atomic E-state index is 0.0985. The number of hydrogen-bond acceptors (Lipinski definition) is 6. The van der Waals surface area contributed by atoms with Gasteiger partial charge in [-0.2, -0.15) is 18.4 Å². The summed E-state index contributed by atoms with van der Waals surface area (Å²) in [5.41, 5.74) is -0.694. The van der Waals surface area contributed by atoms with Gasteiger partial charge in [-0.1, -0.05) is 0 Å². The number of morpholine rings is 1. The van der Waals surface area contributed by atoms with Gasteiger partial charge in [-0.25, -0.2) is 4.98 Å². The zero-order chi connectivity index (χ0) is 20.9. The number of nitrogens with zero attached hydrogens (tertiary/aromatic N) is 3. The van der Waals surface area contributed by atoms with E-state index in [1.54, 1.807) is 30.3 Å². The van der Waals surface area contributed by atoms with Crippen LogP contribution in [-0.4, -0.2) is 55.6 Å². The summed E-state index contributed by atoms with van der Waals surface area (Å²) in [6.45, 7) is 3.57. The summed E-state index contributed by atoms with van der Waals surface area (Å²) in [4.78, 5) is 6.56. The summed E-state index contributed by atoms with van der Waals surface area (Å²) < 4.78 is 51.2. The van der Waals surface area contributed by atoms with Gasteiger partial charge in [-0.3, -0.25) is 4.90 Å². The van der Waals surface area contributed by atoms with Crippen molar-refractivity contribution in [3.8, 4) is 23.1 Å². The third-order valence-electron chi connectivity index (χ3n) is 4.54. The molecule has 5 nitrogen and oxygen atoms in total. The number of nitriles is 1. The predicted octanol–water partition coefficient (Wildman–Crippen LogP) is 4.07. The van der Waals surface area contributed by atoms with Crippen molar-refractivity contribution in [1.82, 2.24) is 9.88 Å². The standard InChI is InChI=1S/C20H20F3N3O2S/c1-27-15-4-2-14(3-5-15)18-12-17(20(21,22)23)16(13-24)19(25-18)29-11-8-26-6-9-28-10-7-26/h2-5,12H,6-11H2,1H3. The lowest BCUT2D eigenvalue weighted by Gasteiger charge is -2.26. The minimum Gasteiger partial charge on any atom is -0.497 e. The topological polar surface area (TPSA) is 58.4 Å². The number of hydrogen-bond donors (Lipinski definition) is 0. The molecule has 0 bridgehead atoms. The summed E-state index contributed by atoms with van der Waals surface area (Å²) in [6.07, 6.45) is -4.64. The first-order valence-corrected chi connectivity index (χ1v) is 10.0. The van der Waals surface area contributed by atoms with Gasteiger partial charge < -0.3 is 9.47 Å². The zero-order valence-corrected chi connectivity index (χ0v) is 16.6. The van der Waals surface area contributed by atoms with Crippen LogP contribution < -0.4 is 4.74 Å². The second-order valence-electron chi connectivity index (χ2n) is 6.38. The van der Waals surface area contributed by atoms with Crippen molar-refractivity contribution in [3.63, 3.8) is 0 Å². The highest BCUT2D eigenvalue weighted by Crippen LogP contribution is 2.38. The van der Waals surface area contributed by atoms with E-state index in [9.17, 15) is 18.4 Å². The molecule has 0 N–H and O–H groups in total. The van der Waals surface area contributed by atoms with Crippen molar-refractivity contribution >= 4 is 11.8 Å². The van der Waals surface area contributed by atoms with Gasteiger partial charge in [0.2, 0.25) is 0 Å². The molecule has 154 valence electrons. The van der Waals surface area contributed by atoms with Crippen molar-refractivity contribution < 1.29 is 22.6 Å². The fraction of sp³-hybridized carbons (Fsp3) is 0.400. The van der Waals surface area contributed by atoms with Crippen molar-refractivity contribution in [2.75, 3.05) is 45.7 Å². The molecule has 29 heavy (non-hydrogen) atoms. The Balaban J connectivity index is 1.90. The second-order valence-corrected chi connectivity index (χ2v) is 7.46. The summed E-state index contributed by atoms with van der Waals surface area (Å²) in [5.74, 6) is 1.13. The van der Waals surface area contributed by atoms with Gasteiger partial charge in [0.15, 0.2) is 0 Å². The average Bonchev–Trinajstić information content (AvgIpc) is 2.73. The van der Waals surface area contributed by atoms with E-state index in [1.807, 2.05) is 0 Å². The van der Waals surface area contributed by atoms with Gasteiger partial charge in [0.1, 0.15) is 16.8 Å². The first-order chi connectivity index (χ1) is 13.9. The van der Waals surface area contributed by atoms with Crippen LogP contribution in [-0.2, 0) is 10.9 Å². The maximum absolute atomic E-state index is 13.6. The van der Waals surface area contributed by atoms with Crippen LogP contribution in [0.5, 0.6) is 5.75 Å². The van der Waals surface area contributed by atoms with E-state index in [1.165, 1.54) is 18.9 Å². The Bertz CT molecular complexity index is 876. The molecule has 1 saturated heterocycles. The number of rotatable bonds is 6. The molecule has 1 aliphatic heterocycles. The van der Waals surface area contributed by atoms with Gasteiger partial charge in [-0.05, 0) is 30.3 Å². The number of thioether (sulfide) groups is 1. The second kappa shape index (κ2) is 9.48. The van der Waals surface area contributed by atoms with Crippen molar-refractivity contribution in [1.29, 1.82) is 5.26 Å². The van der Waals surface area contributed by atoms with Crippen molar-refractivity contribution in [2.45, 2.75) is 11.2 Å². The SMILES string of the molecule is COc1ccc(-c2cc(C(F)(F)F)c(C#N)c(SCCN3CCOCC3)n2)cc1. The van der Waals surface area contributed by atoms with Crippen LogP contribution in [0.4, 0.5) is 13.2 Å². The van der Waals surface area contributed by atoms with Gasteiger partial charge >= 0.3 is 6.18 Å². The molecule has 0 radical (unpaired) electrons. The highest BCUT2D eigenvalue weighted by molar-refractivity contribution is 7.99. The molecule has 0 aliphatic carbocycles. The van der Waals surface area contributed by atoms with Crippen molar-refractivity contribution in [3.05, 3.63) is 41.5 Å². The third-order valence-corrected chi connectivity index (χ3v) is 5.49. The fourth-order valence-corrected chi connectivity index (χ4v) is 3.97. The summed E-state index contributed by atoms with van der Waals surface area (Å²) in [6, 6.07) is 9.25. The Morgan fingerprint density at radius 2 is 1.93 bits per heavy atom. The largest absolute Gasteiger partial charge is 0.497 e. The summed E-state index contributed by atoms with van der Waals surface area (Å²) in [5, 5.41) is 9.49. The summed E-state index contributed by atoms with van der Waals surface area (Å²) in [7, 11) is 1.51. The van der Waals surface area contributed by atoms with E-state index >= 15 is 0 Å². The van der Waals surface area contributed by atoms with E-state index < -0.39 is 17.3 Å². The van der Waals surface area contributed by atoms with E-state index in [2.05, 4.69) is 9.88 Å². The number of alkyl halides is 3. The van der Waals surface area contributed by atoms with Crippen LogP contribution in [0, 0.1) is 11.3 Å². The quantitative estimate of drug-likeness (QED) is 0.653. The molecule has 0 spiro atoms. The molecule has 3 rings (SSSR count). The average molecular weight is 423 g/mol. The molecular formula is C20H20F3N3O2S. The lowest BCUT2D eigenvalue weighted by atomic mass is 10.1. The van der Waals surface area contributed by atoms with Gasteiger partial charge in [0.05, 0.1) is 37.1 Å². The molecule has 1 fully saturated rings. The van der Waals surface area contributed by atoms with Crippen LogP contribution in [0.2, 0.25) is 0 Å². The number of pyridine rings is 1. The monoisotopic (exact) mass is 423 g/mol. The molecule has 1 aromatic carbocycles. The first kappa shape index (κ1) is 21.4. The normalized spacial score (nSPS) is 15.1. The molecule has 0 atom stereocenters. The molecule has 2 aromatic rings. The number of halogens is 3. The number of methoxy groups -OCH3 is 1. The Labute approximate surface area is 171 Å². The molecule has 1 aliphatic rings. The third kappa shape index (κ3) is 5.41. The number of aromatic nitrogens is 1. The van der Waals surface area contributed by atoms with E-state index in [4.69, 9.17) is 9.47 Å². The first-order valence-electron chi connectivity index (χ1n) is 9.02. The molecule has 0 amide bonds. The molecule has 0 unspecified atom stereocenters. The molecule has 0 saturated carbocycles. The van der Waals surface area contributed by atoms with Crippen molar-refractivity contribution in [2.24, 2.45) is 0 Å². The fourth-order valence-electron chi connectivity index (χ4n) is 2.96. The van der Waals surface area contributed by atoms with Crippen LogP contribution in [0.25, 0.3) is 11.3 Å². The minimum atomic E-state index is -4.64. The molecule has 1 aromatic heterocycles. The van der Waals surface area contributed by atoms with Gasteiger partial charge in [0, 0.05) is 31.0 Å². The smallest absolute Gasteiger partial charge is 0.417 e. The van der Waals surface area contributed by atoms with E-state index in [0.29, 0.717) is 36.8 Å². The number of ether oxygens (including phenoxy) is 2. The van der Waals surface area contributed by atoms with Crippen LogP contribution in [0.15, 0.2) is 35.4 Å². The Hall–Kier alpha value is -2.28. The summed E-state index contributed by atoms with van der Waals surface area (Å²) >= 11 is 1.17. The molecule has 9 heteroatoms. The molecular weight excluding hydrogens is 403 g/mol. The Kier molecular flexibility index (Phi) is 7.00. The highest BCUT2D eigenvalue weighted by Gasteiger charge is 2.36. The van der Waals surface area contributed by atoms with Crippen LogP contribution in [0.1, 0.15) is 11.1 Å². The predicted molar refractivity (Wildman–Crippen MR) is 104 cm³/mol. The van der Waals surface area contributed by atoms with E-state index in [0.717, 1.165) is 19.2 Å². The number of benzene rings is 1. The van der Waals surface area contributed by atoms with Crippen LogP contribution >= 0.6 is 11.8 Å².